The summed E-state index contributed by atoms with van der Waals surface area (Å²) in [7, 11) is 0. The molecule has 1 aliphatic rings. The van der Waals surface area contributed by atoms with E-state index in [-0.39, 0.29) is 5.82 Å². The number of nitrogens with one attached hydrogen (secondary N) is 1. The van der Waals surface area contributed by atoms with Crippen LogP contribution in [0.1, 0.15) is 30.1 Å². The molecule has 0 unspecified atom stereocenters. The van der Waals surface area contributed by atoms with Crippen LogP contribution in [0.2, 0.25) is 0 Å². The molecule has 106 valence electrons. The normalized spacial score (nSPS) is 20.2. The van der Waals surface area contributed by atoms with Gasteiger partial charge in [-0.3, -0.25) is 4.90 Å². The first-order valence-electron chi connectivity index (χ1n) is 6.88. The van der Waals surface area contributed by atoms with E-state index >= 15 is 0 Å². The van der Waals surface area contributed by atoms with Crippen LogP contribution in [0.15, 0.2) is 35.1 Å². The zero-order valence-corrected chi connectivity index (χ0v) is 12.7. The second-order valence-electron chi connectivity index (χ2n) is 5.28. The van der Waals surface area contributed by atoms with Crippen molar-refractivity contribution in [3.63, 3.8) is 0 Å². The van der Waals surface area contributed by atoms with E-state index in [1.807, 2.05) is 18.3 Å². The Labute approximate surface area is 126 Å². The number of hydrogen-bond donors (Lipinski definition) is 1. The van der Waals surface area contributed by atoms with Gasteiger partial charge in [0.1, 0.15) is 11.6 Å². The summed E-state index contributed by atoms with van der Waals surface area (Å²) in [6, 6.07) is 5.28. The van der Waals surface area contributed by atoms with Crippen molar-refractivity contribution in [2.24, 2.45) is 0 Å². The molecule has 3 rings (SSSR count). The lowest BCUT2D eigenvalue weighted by Gasteiger charge is -2.31. The minimum absolute atomic E-state index is 0.139. The number of hydrogen-bond acceptors (Lipinski definition) is 2. The van der Waals surface area contributed by atoms with Crippen molar-refractivity contribution in [2.75, 3.05) is 13.1 Å². The van der Waals surface area contributed by atoms with Crippen LogP contribution in [0, 0.1) is 5.82 Å². The lowest BCUT2D eigenvalue weighted by molar-refractivity contribution is 0.195. The molecule has 2 aromatic rings. The molecule has 0 amide bonds. The molecule has 1 atom stereocenters. The number of likely N-dealkylation sites (tertiary alicyclic amines) is 1. The van der Waals surface area contributed by atoms with Gasteiger partial charge in [-0.25, -0.2) is 9.37 Å². The number of piperidine rings is 1. The summed E-state index contributed by atoms with van der Waals surface area (Å²) in [6.07, 6.45) is 5.93. The van der Waals surface area contributed by atoms with Crippen molar-refractivity contribution in [3.05, 3.63) is 52.3 Å². The van der Waals surface area contributed by atoms with Gasteiger partial charge < -0.3 is 4.98 Å². The topological polar surface area (TPSA) is 31.9 Å². The van der Waals surface area contributed by atoms with Crippen LogP contribution in [0.3, 0.4) is 0 Å². The van der Waals surface area contributed by atoms with E-state index in [4.69, 9.17) is 0 Å². The third-order valence-corrected chi connectivity index (χ3v) is 4.31. The highest BCUT2D eigenvalue weighted by Gasteiger charge is 2.23. The summed E-state index contributed by atoms with van der Waals surface area (Å²) in [5.41, 5.74) is 0.758. The number of aromatic nitrogens is 2. The first-order valence-corrected chi connectivity index (χ1v) is 7.67. The molecule has 0 radical (unpaired) electrons. The molecule has 3 nitrogen and oxygen atoms in total. The molecule has 1 saturated heterocycles. The number of halogens is 2. The van der Waals surface area contributed by atoms with E-state index in [1.165, 1.54) is 6.07 Å². The van der Waals surface area contributed by atoms with Crippen LogP contribution in [0.5, 0.6) is 0 Å². The summed E-state index contributed by atoms with van der Waals surface area (Å²) < 4.78 is 14.7. The minimum atomic E-state index is -0.139. The van der Waals surface area contributed by atoms with E-state index in [9.17, 15) is 4.39 Å². The second kappa shape index (κ2) is 6.06. The van der Waals surface area contributed by atoms with Gasteiger partial charge in [0.2, 0.25) is 0 Å². The monoisotopic (exact) mass is 337 g/mol. The maximum absolute atomic E-state index is 13.9. The molecule has 0 spiro atoms. The Hall–Kier alpha value is -1.20. The fraction of sp³-hybridized carbons (Fsp3) is 0.400. The predicted molar refractivity (Wildman–Crippen MR) is 79.9 cm³/mol. The van der Waals surface area contributed by atoms with Crippen molar-refractivity contribution in [2.45, 2.75) is 25.3 Å². The maximum atomic E-state index is 13.9. The SMILES string of the molecule is Fc1cc(Br)ccc1CN1CCC[C@@H](c2ncc[nH]2)C1. The third-order valence-electron chi connectivity index (χ3n) is 3.82. The number of aromatic amines is 1. The van der Waals surface area contributed by atoms with E-state index in [0.29, 0.717) is 12.5 Å². The molecule has 1 N–H and O–H groups in total. The standard InChI is InChI=1S/C15H17BrFN3/c16-13-4-3-11(14(17)8-13)9-20-7-1-2-12(10-20)15-18-5-6-19-15/h3-6,8,12H,1-2,7,9-10H2,(H,18,19)/t12-/m1/s1. The number of H-pyrrole nitrogens is 1. The summed E-state index contributed by atoms with van der Waals surface area (Å²) in [5.74, 6) is 1.34. The Bertz CT molecular complexity index is 571. The van der Waals surface area contributed by atoms with Crippen molar-refractivity contribution >= 4 is 15.9 Å². The van der Waals surface area contributed by atoms with Crippen molar-refractivity contribution < 1.29 is 4.39 Å². The largest absolute Gasteiger partial charge is 0.348 e. The number of benzene rings is 1. The Morgan fingerprint density at radius 1 is 1.45 bits per heavy atom. The van der Waals surface area contributed by atoms with Gasteiger partial charge in [-0.2, -0.15) is 0 Å². The Balaban J connectivity index is 1.68. The Morgan fingerprint density at radius 3 is 3.10 bits per heavy atom. The summed E-state index contributed by atoms with van der Waals surface area (Å²) >= 11 is 3.29. The summed E-state index contributed by atoms with van der Waals surface area (Å²) in [5, 5.41) is 0. The summed E-state index contributed by atoms with van der Waals surface area (Å²) in [6.45, 7) is 2.62. The van der Waals surface area contributed by atoms with Gasteiger partial charge in [0.05, 0.1) is 0 Å². The minimum Gasteiger partial charge on any atom is -0.348 e. The van der Waals surface area contributed by atoms with Crippen LogP contribution >= 0.6 is 15.9 Å². The van der Waals surface area contributed by atoms with Gasteiger partial charge in [0.15, 0.2) is 0 Å². The first kappa shape index (κ1) is 13.8. The molecule has 1 aromatic carbocycles. The van der Waals surface area contributed by atoms with Crippen molar-refractivity contribution in [3.8, 4) is 0 Å². The van der Waals surface area contributed by atoms with E-state index in [2.05, 4.69) is 30.8 Å². The number of nitrogens with zero attached hydrogens (tertiary/aromatic N) is 2. The highest BCUT2D eigenvalue weighted by atomic mass is 79.9. The molecule has 1 aromatic heterocycles. The summed E-state index contributed by atoms with van der Waals surface area (Å²) in [4.78, 5) is 9.85. The molecule has 0 bridgehead atoms. The smallest absolute Gasteiger partial charge is 0.128 e. The van der Waals surface area contributed by atoms with Gasteiger partial charge in [0.25, 0.3) is 0 Å². The van der Waals surface area contributed by atoms with E-state index in [1.54, 1.807) is 6.20 Å². The zero-order chi connectivity index (χ0) is 13.9. The molecule has 20 heavy (non-hydrogen) atoms. The molecule has 1 aliphatic heterocycles. The van der Waals surface area contributed by atoms with Gasteiger partial charge in [0, 0.05) is 41.4 Å². The molecule has 1 fully saturated rings. The average Bonchev–Trinajstić information content (AvgIpc) is 2.96. The quantitative estimate of drug-likeness (QED) is 0.926. The fourth-order valence-electron chi connectivity index (χ4n) is 2.81. The van der Waals surface area contributed by atoms with Gasteiger partial charge in [-0.1, -0.05) is 22.0 Å². The van der Waals surface area contributed by atoms with Crippen molar-refractivity contribution in [1.82, 2.24) is 14.9 Å². The van der Waals surface area contributed by atoms with Crippen LogP contribution in [-0.2, 0) is 6.54 Å². The highest BCUT2D eigenvalue weighted by Crippen LogP contribution is 2.26. The maximum Gasteiger partial charge on any atom is 0.128 e. The zero-order valence-electron chi connectivity index (χ0n) is 11.1. The van der Waals surface area contributed by atoms with Crippen LogP contribution in [0.25, 0.3) is 0 Å². The predicted octanol–water partition coefficient (Wildman–Crippen LogP) is 3.69. The first-order chi connectivity index (χ1) is 9.72. The number of rotatable bonds is 3. The highest BCUT2D eigenvalue weighted by molar-refractivity contribution is 9.10. The molecular formula is C15H17BrFN3. The van der Waals surface area contributed by atoms with Crippen LogP contribution in [0.4, 0.5) is 4.39 Å². The Kier molecular flexibility index (Phi) is 4.17. The average molecular weight is 338 g/mol. The Morgan fingerprint density at radius 2 is 2.35 bits per heavy atom. The molecule has 0 aliphatic carbocycles. The van der Waals surface area contributed by atoms with Gasteiger partial charge >= 0.3 is 0 Å². The second-order valence-corrected chi connectivity index (χ2v) is 6.20. The molecule has 5 heteroatoms. The van der Waals surface area contributed by atoms with Gasteiger partial charge in [-0.05, 0) is 31.5 Å². The van der Waals surface area contributed by atoms with Crippen LogP contribution < -0.4 is 0 Å². The number of imidazole rings is 1. The molecule has 0 saturated carbocycles. The van der Waals surface area contributed by atoms with Crippen molar-refractivity contribution in [1.29, 1.82) is 0 Å². The lowest BCUT2D eigenvalue weighted by Crippen LogP contribution is -2.34. The molecule has 2 heterocycles. The van der Waals surface area contributed by atoms with Crippen LogP contribution in [-0.4, -0.2) is 28.0 Å². The molecular weight excluding hydrogens is 321 g/mol. The van der Waals surface area contributed by atoms with E-state index in [0.717, 1.165) is 41.8 Å². The van der Waals surface area contributed by atoms with Gasteiger partial charge in [-0.15, -0.1) is 0 Å². The fourth-order valence-corrected chi connectivity index (χ4v) is 3.15. The van der Waals surface area contributed by atoms with E-state index < -0.39 is 0 Å². The lowest BCUT2D eigenvalue weighted by atomic mass is 9.97. The third kappa shape index (κ3) is 3.10.